The van der Waals surface area contributed by atoms with E-state index in [9.17, 15) is 4.79 Å². The Balaban J connectivity index is 1.51. The molecular weight excluding hydrogens is 440 g/mol. The number of hydrogen-bond donors (Lipinski definition) is 2. The fraction of sp³-hybridized carbons (Fsp3) is 0.250. The third-order valence-corrected chi connectivity index (χ3v) is 5.82. The van der Waals surface area contributed by atoms with E-state index in [1.165, 1.54) is 12.3 Å². The Labute approximate surface area is 205 Å². The van der Waals surface area contributed by atoms with Gasteiger partial charge < -0.3 is 20.1 Å². The van der Waals surface area contributed by atoms with Gasteiger partial charge in [0.05, 0.1) is 30.2 Å². The highest BCUT2D eigenvalue weighted by molar-refractivity contribution is 6.04. The maximum Gasteiger partial charge on any atom is 0.248 e. The average molecular weight is 469 g/mol. The zero-order chi connectivity index (χ0) is 24.6. The minimum atomic E-state index is -0.277. The summed E-state index contributed by atoms with van der Waals surface area (Å²) in [5.41, 5.74) is 3.59. The quantitative estimate of drug-likeness (QED) is 0.394. The SMILES string of the molecule is COc1cccc(C=CC(=O)Nc2cc(C)ccc2Nc2ccc(C#N)cn2)c1OC1CCCC1. The lowest BCUT2D eigenvalue weighted by molar-refractivity contribution is -0.111. The van der Waals surface area contributed by atoms with Gasteiger partial charge in [-0.05, 0) is 74.6 Å². The summed E-state index contributed by atoms with van der Waals surface area (Å²) in [6.45, 7) is 1.96. The average Bonchev–Trinajstić information content (AvgIpc) is 3.38. The first-order valence-corrected chi connectivity index (χ1v) is 11.6. The molecule has 0 unspecified atom stereocenters. The molecule has 0 spiro atoms. The van der Waals surface area contributed by atoms with Crippen molar-refractivity contribution in [1.82, 2.24) is 4.98 Å². The number of carbonyl (C=O) groups excluding carboxylic acids is 1. The molecule has 2 aromatic carbocycles. The van der Waals surface area contributed by atoms with E-state index in [1.54, 1.807) is 25.3 Å². The molecule has 0 aliphatic heterocycles. The first-order chi connectivity index (χ1) is 17.1. The lowest BCUT2D eigenvalue weighted by Crippen LogP contribution is -2.13. The van der Waals surface area contributed by atoms with Crippen LogP contribution in [-0.2, 0) is 4.79 Å². The lowest BCUT2D eigenvalue weighted by atomic mass is 10.1. The predicted octanol–water partition coefficient (Wildman–Crippen LogP) is 5.99. The van der Waals surface area contributed by atoms with E-state index in [-0.39, 0.29) is 12.0 Å². The number of aryl methyl sites for hydroxylation is 1. The summed E-state index contributed by atoms with van der Waals surface area (Å²) < 4.78 is 11.8. The molecule has 0 radical (unpaired) electrons. The summed E-state index contributed by atoms with van der Waals surface area (Å²) in [5, 5.41) is 15.1. The second kappa shape index (κ2) is 11.2. The molecule has 4 rings (SSSR count). The van der Waals surface area contributed by atoms with Crippen LogP contribution in [-0.4, -0.2) is 24.1 Å². The third kappa shape index (κ3) is 6.18. The molecule has 3 aromatic rings. The van der Waals surface area contributed by atoms with E-state index in [2.05, 4.69) is 15.6 Å². The van der Waals surface area contributed by atoms with E-state index in [0.717, 1.165) is 36.8 Å². The number of ether oxygens (including phenoxy) is 2. The molecular formula is C28H28N4O3. The molecule has 0 bridgehead atoms. The Morgan fingerprint density at radius 2 is 1.97 bits per heavy atom. The number of nitrogens with zero attached hydrogens (tertiary/aromatic N) is 2. The number of para-hydroxylation sites is 1. The maximum absolute atomic E-state index is 12.8. The summed E-state index contributed by atoms with van der Waals surface area (Å²) >= 11 is 0. The van der Waals surface area contributed by atoms with Gasteiger partial charge in [-0.15, -0.1) is 0 Å². The number of methoxy groups -OCH3 is 1. The van der Waals surface area contributed by atoms with Gasteiger partial charge in [0.15, 0.2) is 11.5 Å². The predicted molar refractivity (Wildman–Crippen MR) is 137 cm³/mol. The van der Waals surface area contributed by atoms with Crippen molar-refractivity contribution < 1.29 is 14.3 Å². The number of pyridine rings is 1. The number of nitriles is 1. The summed E-state index contributed by atoms with van der Waals surface area (Å²) in [5.74, 6) is 1.61. The molecule has 1 aliphatic rings. The van der Waals surface area contributed by atoms with Gasteiger partial charge in [-0.1, -0.05) is 18.2 Å². The molecule has 0 atom stereocenters. The van der Waals surface area contributed by atoms with Gasteiger partial charge in [0.25, 0.3) is 0 Å². The Bertz CT molecular complexity index is 1260. The van der Waals surface area contributed by atoms with Gasteiger partial charge >= 0.3 is 0 Å². The zero-order valence-corrected chi connectivity index (χ0v) is 19.9. The zero-order valence-electron chi connectivity index (χ0n) is 19.9. The van der Waals surface area contributed by atoms with Crippen LogP contribution in [0.25, 0.3) is 6.08 Å². The third-order valence-electron chi connectivity index (χ3n) is 5.82. The Morgan fingerprint density at radius 1 is 1.14 bits per heavy atom. The Morgan fingerprint density at radius 3 is 2.69 bits per heavy atom. The molecule has 7 heteroatoms. The minimum absolute atomic E-state index is 0.170. The molecule has 1 saturated carbocycles. The van der Waals surface area contributed by atoms with Crippen LogP contribution >= 0.6 is 0 Å². The van der Waals surface area contributed by atoms with Crippen molar-refractivity contribution in [2.24, 2.45) is 0 Å². The standard InChI is InChI=1S/C28H28N4O3/c1-19-10-13-23(31-26-14-11-20(17-29)18-30-26)24(16-19)32-27(33)15-12-21-6-5-9-25(34-2)28(21)35-22-7-3-4-8-22/h5-6,9-16,18,22H,3-4,7-8H2,1-2H3,(H,30,31)(H,32,33). The highest BCUT2D eigenvalue weighted by Crippen LogP contribution is 2.35. The van der Waals surface area contributed by atoms with Gasteiger partial charge in [-0.2, -0.15) is 5.26 Å². The van der Waals surface area contributed by atoms with Crippen molar-refractivity contribution in [2.75, 3.05) is 17.7 Å². The van der Waals surface area contributed by atoms with Crippen LogP contribution in [0.3, 0.4) is 0 Å². The molecule has 1 heterocycles. The molecule has 35 heavy (non-hydrogen) atoms. The number of rotatable bonds is 8. The van der Waals surface area contributed by atoms with Crippen molar-refractivity contribution in [3.8, 4) is 17.6 Å². The van der Waals surface area contributed by atoms with Gasteiger partial charge in [0.2, 0.25) is 5.91 Å². The molecule has 1 aromatic heterocycles. The van der Waals surface area contributed by atoms with Crippen LogP contribution in [0.1, 0.15) is 42.4 Å². The molecule has 2 N–H and O–H groups in total. The summed E-state index contributed by atoms with van der Waals surface area (Å²) in [4.78, 5) is 17.1. The maximum atomic E-state index is 12.8. The normalized spacial score (nSPS) is 13.4. The largest absolute Gasteiger partial charge is 0.493 e. The van der Waals surface area contributed by atoms with Gasteiger partial charge in [0, 0.05) is 17.8 Å². The second-order valence-corrected chi connectivity index (χ2v) is 8.44. The highest BCUT2D eigenvalue weighted by Gasteiger charge is 2.20. The van der Waals surface area contributed by atoms with Crippen LogP contribution < -0.4 is 20.1 Å². The molecule has 0 saturated heterocycles. The molecule has 178 valence electrons. The first kappa shape index (κ1) is 23.8. The molecule has 1 fully saturated rings. The molecule has 7 nitrogen and oxygen atoms in total. The number of nitrogens with one attached hydrogen (secondary N) is 2. The fourth-order valence-corrected chi connectivity index (χ4v) is 4.01. The van der Waals surface area contributed by atoms with E-state index >= 15 is 0 Å². The minimum Gasteiger partial charge on any atom is -0.493 e. The van der Waals surface area contributed by atoms with Crippen LogP contribution in [0.4, 0.5) is 17.2 Å². The fourth-order valence-electron chi connectivity index (χ4n) is 4.01. The summed E-state index contributed by atoms with van der Waals surface area (Å²) in [6, 6.07) is 16.8. The smallest absolute Gasteiger partial charge is 0.248 e. The number of hydrogen-bond acceptors (Lipinski definition) is 6. The van der Waals surface area contributed by atoms with Crippen LogP contribution in [0, 0.1) is 18.3 Å². The van der Waals surface area contributed by atoms with E-state index in [0.29, 0.717) is 34.3 Å². The van der Waals surface area contributed by atoms with Crippen molar-refractivity contribution in [3.63, 3.8) is 0 Å². The van der Waals surface area contributed by atoms with Crippen molar-refractivity contribution in [3.05, 3.63) is 77.5 Å². The number of carbonyl (C=O) groups is 1. The second-order valence-electron chi connectivity index (χ2n) is 8.44. The van der Waals surface area contributed by atoms with E-state index in [4.69, 9.17) is 14.7 Å². The first-order valence-electron chi connectivity index (χ1n) is 11.6. The number of amides is 1. The number of anilines is 3. The molecule has 1 amide bonds. The van der Waals surface area contributed by atoms with E-state index < -0.39 is 0 Å². The van der Waals surface area contributed by atoms with Gasteiger partial charge in [-0.25, -0.2) is 4.98 Å². The van der Waals surface area contributed by atoms with Crippen LogP contribution in [0.5, 0.6) is 11.5 Å². The highest BCUT2D eigenvalue weighted by atomic mass is 16.5. The Kier molecular flexibility index (Phi) is 7.63. The lowest BCUT2D eigenvalue weighted by Gasteiger charge is -2.18. The van der Waals surface area contributed by atoms with Gasteiger partial charge in [0.1, 0.15) is 11.9 Å². The summed E-state index contributed by atoms with van der Waals surface area (Å²) in [6.07, 6.45) is 9.28. The van der Waals surface area contributed by atoms with Crippen LogP contribution in [0.2, 0.25) is 0 Å². The van der Waals surface area contributed by atoms with Crippen molar-refractivity contribution in [1.29, 1.82) is 5.26 Å². The molecule has 1 aliphatic carbocycles. The van der Waals surface area contributed by atoms with Crippen molar-refractivity contribution >= 4 is 29.2 Å². The summed E-state index contributed by atoms with van der Waals surface area (Å²) in [7, 11) is 1.62. The van der Waals surface area contributed by atoms with Crippen molar-refractivity contribution in [2.45, 2.75) is 38.7 Å². The Hall–Kier alpha value is -4.31. The number of benzene rings is 2. The topological polar surface area (TPSA) is 96.3 Å². The van der Waals surface area contributed by atoms with Gasteiger partial charge in [-0.3, -0.25) is 4.79 Å². The monoisotopic (exact) mass is 468 g/mol. The number of aromatic nitrogens is 1. The van der Waals surface area contributed by atoms with Crippen LogP contribution in [0.15, 0.2) is 60.8 Å². The van der Waals surface area contributed by atoms with E-state index in [1.807, 2.05) is 49.4 Å².